The lowest BCUT2D eigenvalue weighted by molar-refractivity contribution is 0.0927. The Labute approximate surface area is 102 Å². The number of carbonyl (C=O) groups is 1. The van der Waals surface area contributed by atoms with E-state index in [1.54, 1.807) is 18.5 Å². The second-order valence-corrected chi connectivity index (χ2v) is 5.07. The molecule has 0 aliphatic heterocycles. The summed E-state index contributed by atoms with van der Waals surface area (Å²) in [7, 11) is 0. The lowest BCUT2D eigenvalue weighted by atomic mass is 9.89. The highest BCUT2D eigenvalue weighted by Gasteiger charge is 2.18. The monoisotopic (exact) mass is 236 g/mol. The number of hydrogen-bond donors (Lipinski definition) is 2. The molecule has 0 aliphatic rings. The molecular weight excluding hydrogens is 216 g/mol. The molecule has 0 aliphatic carbocycles. The summed E-state index contributed by atoms with van der Waals surface area (Å²) in [6.07, 6.45) is 3.94. The van der Waals surface area contributed by atoms with Crippen LogP contribution in [-0.4, -0.2) is 29.1 Å². The van der Waals surface area contributed by atoms with Crippen LogP contribution in [0.1, 0.15) is 36.2 Å². The molecule has 1 heterocycles. The Kier molecular flexibility index (Phi) is 4.63. The van der Waals surface area contributed by atoms with Crippen molar-refractivity contribution in [1.29, 1.82) is 0 Å². The van der Waals surface area contributed by atoms with E-state index in [2.05, 4.69) is 10.3 Å². The van der Waals surface area contributed by atoms with Crippen molar-refractivity contribution in [3.8, 4) is 0 Å². The SMILES string of the molecule is Cc1cncc(C(=O)NCC(C)(C)CCO)c1. The average Bonchev–Trinajstić information content (AvgIpc) is 2.26. The number of rotatable bonds is 5. The summed E-state index contributed by atoms with van der Waals surface area (Å²) < 4.78 is 0. The number of nitrogens with zero attached hydrogens (tertiary/aromatic N) is 1. The maximum absolute atomic E-state index is 11.8. The molecule has 0 unspecified atom stereocenters. The van der Waals surface area contributed by atoms with Gasteiger partial charge in [-0.2, -0.15) is 0 Å². The largest absolute Gasteiger partial charge is 0.396 e. The third-order valence-electron chi connectivity index (χ3n) is 2.65. The summed E-state index contributed by atoms with van der Waals surface area (Å²) in [6.45, 7) is 6.60. The number of hydrogen-bond acceptors (Lipinski definition) is 3. The molecule has 1 amide bonds. The molecule has 0 spiro atoms. The Hall–Kier alpha value is -1.42. The zero-order chi connectivity index (χ0) is 12.9. The van der Waals surface area contributed by atoms with Crippen LogP contribution in [0.2, 0.25) is 0 Å². The van der Waals surface area contributed by atoms with Gasteiger partial charge >= 0.3 is 0 Å². The van der Waals surface area contributed by atoms with Gasteiger partial charge in [-0.15, -0.1) is 0 Å². The first kappa shape index (κ1) is 13.6. The van der Waals surface area contributed by atoms with E-state index in [9.17, 15) is 4.79 Å². The summed E-state index contributed by atoms with van der Waals surface area (Å²) >= 11 is 0. The van der Waals surface area contributed by atoms with E-state index in [4.69, 9.17) is 5.11 Å². The predicted octanol–water partition coefficient (Wildman–Crippen LogP) is 1.53. The van der Waals surface area contributed by atoms with E-state index in [1.165, 1.54) is 0 Å². The third-order valence-corrected chi connectivity index (χ3v) is 2.65. The van der Waals surface area contributed by atoms with Crippen LogP contribution >= 0.6 is 0 Å². The van der Waals surface area contributed by atoms with Crippen LogP contribution in [0.5, 0.6) is 0 Å². The molecule has 1 aromatic heterocycles. The number of amides is 1. The number of carbonyl (C=O) groups excluding carboxylic acids is 1. The molecule has 4 nitrogen and oxygen atoms in total. The van der Waals surface area contributed by atoms with Crippen molar-refractivity contribution < 1.29 is 9.90 Å². The van der Waals surface area contributed by atoms with E-state index in [0.29, 0.717) is 18.5 Å². The van der Waals surface area contributed by atoms with Crippen LogP contribution in [-0.2, 0) is 0 Å². The summed E-state index contributed by atoms with van der Waals surface area (Å²) in [6, 6.07) is 1.81. The maximum atomic E-state index is 11.8. The molecule has 1 rings (SSSR count). The van der Waals surface area contributed by atoms with Crippen molar-refractivity contribution in [2.45, 2.75) is 27.2 Å². The molecule has 1 aromatic rings. The number of nitrogens with one attached hydrogen (secondary N) is 1. The third kappa shape index (κ3) is 4.53. The zero-order valence-corrected chi connectivity index (χ0v) is 10.7. The van der Waals surface area contributed by atoms with E-state index in [1.807, 2.05) is 20.8 Å². The first-order valence-corrected chi connectivity index (χ1v) is 5.75. The number of aliphatic hydroxyl groups is 1. The van der Waals surface area contributed by atoms with Gasteiger partial charge in [0.1, 0.15) is 0 Å². The summed E-state index contributed by atoms with van der Waals surface area (Å²) in [4.78, 5) is 15.8. The highest BCUT2D eigenvalue weighted by atomic mass is 16.3. The Balaban J connectivity index is 2.56. The minimum atomic E-state index is -0.118. The molecule has 0 fully saturated rings. The fourth-order valence-corrected chi connectivity index (χ4v) is 1.49. The van der Waals surface area contributed by atoms with Gasteiger partial charge in [-0.3, -0.25) is 9.78 Å². The van der Waals surface area contributed by atoms with Crippen LogP contribution in [0, 0.1) is 12.3 Å². The highest BCUT2D eigenvalue weighted by molar-refractivity contribution is 5.94. The molecule has 94 valence electrons. The van der Waals surface area contributed by atoms with Crippen molar-refractivity contribution >= 4 is 5.91 Å². The lowest BCUT2D eigenvalue weighted by Crippen LogP contribution is -2.34. The van der Waals surface area contributed by atoms with Crippen LogP contribution in [0.3, 0.4) is 0 Å². The van der Waals surface area contributed by atoms with Gasteiger partial charge in [-0.1, -0.05) is 13.8 Å². The first-order valence-electron chi connectivity index (χ1n) is 5.75. The van der Waals surface area contributed by atoms with Gasteiger partial charge < -0.3 is 10.4 Å². The molecule has 4 heteroatoms. The average molecular weight is 236 g/mol. The summed E-state index contributed by atoms with van der Waals surface area (Å²) in [5, 5.41) is 11.8. The van der Waals surface area contributed by atoms with Crippen molar-refractivity contribution in [2.24, 2.45) is 5.41 Å². The standard InChI is InChI=1S/C13H20N2O2/c1-10-6-11(8-14-7-10)12(17)15-9-13(2,3)4-5-16/h6-8,16H,4-5,9H2,1-3H3,(H,15,17). The zero-order valence-electron chi connectivity index (χ0n) is 10.7. The van der Waals surface area contributed by atoms with Gasteiger partial charge in [0.15, 0.2) is 0 Å². The van der Waals surface area contributed by atoms with E-state index < -0.39 is 0 Å². The maximum Gasteiger partial charge on any atom is 0.252 e. The van der Waals surface area contributed by atoms with Crippen LogP contribution in [0.15, 0.2) is 18.5 Å². The van der Waals surface area contributed by atoms with Crippen molar-refractivity contribution in [2.75, 3.05) is 13.2 Å². The molecular formula is C13H20N2O2. The second-order valence-electron chi connectivity index (χ2n) is 5.07. The highest BCUT2D eigenvalue weighted by Crippen LogP contribution is 2.18. The molecule has 17 heavy (non-hydrogen) atoms. The molecule has 0 saturated heterocycles. The Morgan fingerprint density at radius 3 is 2.76 bits per heavy atom. The number of aryl methyl sites for hydroxylation is 1. The fourth-order valence-electron chi connectivity index (χ4n) is 1.49. The van der Waals surface area contributed by atoms with Gasteiger partial charge in [0, 0.05) is 25.5 Å². The quantitative estimate of drug-likeness (QED) is 0.815. The van der Waals surface area contributed by atoms with Crippen molar-refractivity contribution in [3.63, 3.8) is 0 Å². The normalized spacial score (nSPS) is 11.3. The predicted molar refractivity (Wildman–Crippen MR) is 66.8 cm³/mol. The minimum Gasteiger partial charge on any atom is -0.396 e. The molecule has 2 N–H and O–H groups in total. The smallest absolute Gasteiger partial charge is 0.252 e. The Bertz CT molecular complexity index is 389. The fraction of sp³-hybridized carbons (Fsp3) is 0.538. The number of aromatic nitrogens is 1. The van der Waals surface area contributed by atoms with E-state index >= 15 is 0 Å². The van der Waals surface area contributed by atoms with Crippen LogP contribution in [0.4, 0.5) is 0 Å². The minimum absolute atomic E-state index is 0.0956. The second kappa shape index (κ2) is 5.77. The van der Waals surface area contributed by atoms with Crippen LogP contribution in [0.25, 0.3) is 0 Å². The van der Waals surface area contributed by atoms with Gasteiger partial charge in [0.05, 0.1) is 5.56 Å². The number of pyridine rings is 1. The molecule has 0 saturated carbocycles. The summed E-state index contributed by atoms with van der Waals surface area (Å²) in [5.74, 6) is -0.118. The summed E-state index contributed by atoms with van der Waals surface area (Å²) in [5.41, 5.74) is 1.44. The van der Waals surface area contributed by atoms with Crippen LogP contribution < -0.4 is 5.32 Å². The van der Waals surface area contributed by atoms with Gasteiger partial charge in [-0.05, 0) is 30.4 Å². The number of aliphatic hydroxyl groups excluding tert-OH is 1. The Morgan fingerprint density at radius 1 is 1.47 bits per heavy atom. The van der Waals surface area contributed by atoms with E-state index in [-0.39, 0.29) is 17.9 Å². The van der Waals surface area contributed by atoms with E-state index in [0.717, 1.165) is 5.56 Å². The van der Waals surface area contributed by atoms with Crippen molar-refractivity contribution in [1.82, 2.24) is 10.3 Å². The van der Waals surface area contributed by atoms with Crippen molar-refractivity contribution in [3.05, 3.63) is 29.6 Å². The molecule has 0 bridgehead atoms. The molecule has 0 radical (unpaired) electrons. The molecule has 0 aromatic carbocycles. The topological polar surface area (TPSA) is 62.2 Å². The lowest BCUT2D eigenvalue weighted by Gasteiger charge is -2.23. The van der Waals surface area contributed by atoms with Gasteiger partial charge in [0.25, 0.3) is 5.91 Å². The van der Waals surface area contributed by atoms with Gasteiger partial charge in [-0.25, -0.2) is 0 Å². The Morgan fingerprint density at radius 2 is 2.18 bits per heavy atom. The molecule has 0 atom stereocenters. The van der Waals surface area contributed by atoms with Gasteiger partial charge in [0.2, 0.25) is 0 Å². The first-order chi connectivity index (χ1) is 7.94.